The zero-order valence-electron chi connectivity index (χ0n) is 8.77. The van der Waals surface area contributed by atoms with Crippen LogP contribution in [0.3, 0.4) is 0 Å². The third-order valence-corrected chi connectivity index (χ3v) is 2.10. The van der Waals surface area contributed by atoms with Crippen LogP contribution >= 0.6 is 0 Å². The standard InChI is InChI=1S/C11H13NO3/c1-8(11(14)15-2)7-10(13)9-3-5-12-6-4-9/h3-6,8H,7H2,1-2H3. The number of nitrogens with zero attached hydrogens (tertiary/aromatic N) is 1. The number of ketones is 1. The van der Waals surface area contributed by atoms with Crippen LogP contribution < -0.4 is 0 Å². The van der Waals surface area contributed by atoms with Crippen molar-refractivity contribution in [2.24, 2.45) is 5.92 Å². The van der Waals surface area contributed by atoms with Crippen molar-refractivity contribution in [3.05, 3.63) is 30.1 Å². The Morgan fingerprint density at radius 3 is 2.53 bits per heavy atom. The van der Waals surface area contributed by atoms with Crippen LogP contribution in [0.15, 0.2) is 24.5 Å². The van der Waals surface area contributed by atoms with E-state index in [1.165, 1.54) is 7.11 Å². The fraction of sp³-hybridized carbons (Fsp3) is 0.364. The van der Waals surface area contributed by atoms with Crippen LogP contribution in [-0.4, -0.2) is 23.8 Å². The van der Waals surface area contributed by atoms with Crippen LogP contribution in [0.1, 0.15) is 23.7 Å². The molecule has 4 heteroatoms. The lowest BCUT2D eigenvalue weighted by Gasteiger charge is -2.07. The van der Waals surface area contributed by atoms with Gasteiger partial charge in [0.2, 0.25) is 0 Å². The van der Waals surface area contributed by atoms with Crippen LogP contribution in [0.5, 0.6) is 0 Å². The van der Waals surface area contributed by atoms with Gasteiger partial charge in [0.1, 0.15) is 0 Å². The van der Waals surface area contributed by atoms with Crippen molar-refractivity contribution in [3.8, 4) is 0 Å². The lowest BCUT2D eigenvalue weighted by molar-refractivity contribution is -0.144. The fourth-order valence-electron chi connectivity index (χ4n) is 1.22. The van der Waals surface area contributed by atoms with E-state index in [-0.39, 0.29) is 18.2 Å². The fourth-order valence-corrected chi connectivity index (χ4v) is 1.22. The van der Waals surface area contributed by atoms with Gasteiger partial charge in [-0.25, -0.2) is 0 Å². The molecule has 1 atom stereocenters. The molecule has 15 heavy (non-hydrogen) atoms. The summed E-state index contributed by atoms with van der Waals surface area (Å²) in [6.07, 6.45) is 3.27. The van der Waals surface area contributed by atoms with E-state index in [1.807, 2.05) is 0 Å². The normalized spacial score (nSPS) is 11.9. The molecule has 0 bridgehead atoms. The predicted molar refractivity (Wildman–Crippen MR) is 54.4 cm³/mol. The summed E-state index contributed by atoms with van der Waals surface area (Å²) >= 11 is 0. The second-order valence-electron chi connectivity index (χ2n) is 3.29. The number of pyridine rings is 1. The molecule has 0 N–H and O–H groups in total. The van der Waals surface area contributed by atoms with Gasteiger partial charge >= 0.3 is 5.97 Å². The van der Waals surface area contributed by atoms with E-state index >= 15 is 0 Å². The summed E-state index contributed by atoms with van der Waals surface area (Å²) in [6.45, 7) is 1.67. The Hall–Kier alpha value is -1.71. The van der Waals surface area contributed by atoms with Crippen LogP contribution in [0.25, 0.3) is 0 Å². The minimum atomic E-state index is -0.407. The van der Waals surface area contributed by atoms with Crippen molar-refractivity contribution < 1.29 is 14.3 Å². The van der Waals surface area contributed by atoms with Gasteiger partial charge in [-0.05, 0) is 12.1 Å². The summed E-state index contributed by atoms with van der Waals surface area (Å²) in [5.74, 6) is -0.844. The van der Waals surface area contributed by atoms with E-state index in [0.717, 1.165) is 0 Å². The van der Waals surface area contributed by atoms with E-state index < -0.39 is 5.92 Å². The zero-order chi connectivity index (χ0) is 11.3. The van der Waals surface area contributed by atoms with Gasteiger partial charge < -0.3 is 4.74 Å². The van der Waals surface area contributed by atoms with Crippen molar-refractivity contribution >= 4 is 11.8 Å². The largest absolute Gasteiger partial charge is 0.469 e. The molecule has 0 fully saturated rings. The van der Waals surface area contributed by atoms with Gasteiger partial charge in [-0.3, -0.25) is 14.6 Å². The molecule has 0 amide bonds. The highest BCUT2D eigenvalue weighted by Gasteiger charge is 2.18. The van der Waals surface area contributed by atoms with E-state index in [2.05, 4.69) is 9.72 Å². The number of hydrogen-bond acceptors (Lipinski definition) is 4. The maximum absolute atomic E-state index is 11.6. The second-order valence-corrected chi connectivity index (χ2v) is 3.29. The number of aromatic nitrogens is 1. The monoisotopic (exact) mass is 207 g/mol. The molecule has 0 spiro atoms. The molecule has 1 aromatic rings. The van der Waals surface area contributed by atoms with Crippen LogP contribution in [0.2, 0.25) is 0 Å². The molecule has 0 saturated heterocycles. The minimum absolute atomic E-state index is 0.0738. The molecular formula is C11H13NO3. The summed E-state index contributed by atoms with van der Waals surface area (Å²) in [7, 11) is 1.32. The molecule has 1 aromatic heterocycles. The topological polar surface area (TPSA) is 56.3 Å². The first-order valence-corrected chi connectivity index (χ1v) is 4.66. The van der Waals surface area contributed by atoms with E-state index in [1.54, 1.807) is 31.5 Å². The highest BCUT2D eigenvalue weighted by molar-refractivity contribution is 5.97. The van der Waals surface area contributed by atoms with Gasteiger partial charge in [0.05, 0.1) is 13.0 Å². The number of carbonyl (C=O) groups excluding carboxylic acids is 2. The van der Waals surface area contributed by atoms with Gasteiger partial charge in [0, 0.05) is 24.4 Å². The number of hydrogen-bond donors (Lipinski definition) is 0. The summed E-state index contributed by atoms with van der Waals surface area (Å²) in [6, 6.07) is 3.26. The molecule has 4 nitrogen and oxygen atoms in total. The molecule has 0 aliphatic rings. The van der Waals surface area contributed by atoms with Crippen molar-refractivity contribution in [3.63, 3.8) is 0 Å². The van der Waals surface area contributed by atoms with E-state index in [0.29, 0.717) is 5.56 Å². The molecule has 0 aliphatic heterocycles. The van der Waals surface area contributed by atoms with Crippen molar-refractivity contribution in [2.45, 2.75) is 13.3 Å². The van der Waals surface area contributed by atoms with Crippen molar-refractivity contribution in [1.82, 2.24) is 4.98 Å². The number of Topliss-reactive ketones (excluding diaryl/α,β-unsaturated/α-hetero) is 1. The summed E-state index contributed by atoms with van der Waals surface area (Å²) in [5, 5.41) is 0. The van der Waals surface area contributed by atoms with E-state index in [9.17, 15) is 9.59 Å². The predicted octanol–water partition coefficient (Wildman–Crippen LogP) is 1.46. The zero-order valence-corrected chi connectivity index (χ0v) is 8.77. The molecule has 1 unspecified atom stereocenters. The quantitative estimate of drug-likeness (QED) is 0.554. The van der Waals surface area contributed by atoms with Crippen LogP contribution in [-0.2, 0) is 9.53 Å². The van der Waals surface area contributed by atoms with Crippen molar-refractivity contribution in [2.75, 3.05) is 7.11 Å². The smallest absolute Gasteiger partial charge is 0.308 e. The first kappa shape index (κ1) is 11.4. The average Bonchev–Trinajstić information content (AvgIpc) is 2.29. The molecule has 1 rings (SSSR count). The Morgan fingerprint density at radius 2 is 2.00 bits per heavy atom. The van der Waals surface area contributed by atoms with Gasteiger partial charge in [-0.15, -0.1) is 0 Å². The lowest BCUT2D eigenvalue weighted by atomic mass is 10.0. The molecule has 1 heterocycles. The Kier molecular flexibility index (Phi) is 3.97. The first-order chi connectivity index (χ1) is 7.15. The molecule has 0 aliphatic carbocycles. The van der Waals surface area contributed by atoms with Crippen LogP contribution in [0, 0.1) is 5.92 Å². The third kappa shape index (κ3) is 3.16. The lowest BCUT2D eigenvalue weighted by Crippen LogP contribution is -2.16. The van der Waals surface area contributed by atoms with E-state index in [4.69, 9.17) is 0 Å². The summed E-state index contributed by atoms with van der Waals surface area (Å²) < 4.78 is 4.55. The summed E-state index contributed by atoms with van der Waals surface area (Å²) in [5.41, 5.74) is 0.570. The summed E-state index contributed by atoms with van der Waals surface area (Å²) in [4.78, 5) is 26.5. The highest BCUT2D eigenvalue weighted by atomic mass is 16.5. The van der Waals surface area contributed by atoms with Gasteiger partial charge in [-0.1, -0.05) is 6.92 Å². The van der Waals surface area contributed by atoms with Gasteiger partial charge in [-0.2, -0.15) is 0 Å². The Bertz CT molecular complexity index is 348. The Morgan fingerprint density at radius 1 is 1.40 bits per heavy atom. The number of methoxy groups -OCH3 is 1. The SMILES string of the molecule is COC(=O)C(C)CC(=O)c1ccncc1. The molecular weight excluding hydrogens is 194 g/mol. The maximum Gasteiger partial charge on any atom is 0.308 e. The molecule has 0 radical (unpaired) electrons. The van der Waals surface area contributed by atoms with Crippen LogP contribution in [0.4, 0.5) is 0 Å². The second kappa shape index (κ2) is 5.24. The molecule has 80 valence electrons. The Labute approximate surface area is 88.3 Å². The molecule has 0 saturated carbocycles. The minimum Gasteiger partial charge on any atom is -0.469 e. The third-order valence-electron chi connectivity index (χ3n) is 2.10. The highest BCUT2D eigenvalue weighted by Crippen LogP contribution is 2.10. The number of esters is 1. The van der Waals surface area contributed by atoms with Crippen molar-refractivity contribution in [1.29, 1.82) is 0 Å². The average molecular weight is 207 g/mol. The number of rotatable bonds is 4. The number of ether oxygens (including phenoxy) is 1. The first-order valence-electron chi connectivity index (χ1n) is 4.66. The van der Waals surface area contributed by atoms with Gasteiger partial charge in [0.25, 0.3) is 0 Å². The maximum atomic E-state index is 11.6. The molecule has 0 aromatic carbocycles. The Balaban J connectivity index is 2.61. The number of carbonyl (C=O) groups is 2. The van der Waals surface area contributed by atoms with Gasteiger partial charge in [0.15, 0.2) is 5.78 Å².